The molecule has 1 aromatic rings. The zero-order valence-corrected chi connectivity index (χ0v) is 19.9. The van der Waals surface area contributed by atoms with Gasteiger partial charge in [-0.05, 0) is 75.7 Å². The number of amides is 3. The summed E-state index contributed by atoms with van der Waals surface area (Å²) < 4.78 is 0. The van der Waals surface area contributed by atoms with Crippen molar-refractivity contribution in [3.05, 3.63) is 29.8 Å². The molecule has 3 amide bonds. The monoisotopic (exact) mass is 494 g/mol. The van der Waals surface area contributed by atoms with E-state index in [1.165, 1.54) is 12.1 Å². The summed E-state index contributed by atoms with van der Waals surface area (Å²) in [5, 5.41) is 25.8. The molecule has 0 aliphatic heterocycles. The highest BCUT2D eigenvalue weighted by Crippen LogP contribution is 2.11. The van der Waals surface area contributed by atoms with Gasteiger partial charge in [-0.15, -0.1) is 0 Å². The van der Waals surface area contributed by atoms with E-state index < -0.39 is 48.4 Å². The van der Waals surface area contributed by atoms with E-state index in [0.29, 0.717) is 38.8 Å². The summed E-state index contributed by atoms with van der Waals surface area (Å²) >= 11 is 0. The molecule has 11 N–H and O–H groups in total. The van der Waals surface area contributed by atoms with Gasteiger partial charge < -0.3 is 43.4 Å². The molecule has 0 heterocycles. The molecule has 0 aromatic heterocycles. The Kier molecular flexibility index (Phi) is 14.0. The normalized spacial score (nSPS) is 13.3. The lowest BCUT2D eigenvalue weighted by molar-refractivity contribution is -0.138. The van der Waals surface area contributed by atoms with Gasteiger partial charge in [-0.2, -0.15) is 0 Å². The van der Waals surface area contributed by atoms with Crippen LogP contribution in [-0.2, 0) is 25.6 Å². The van der Waals surface area contributed by atoms with Gasteiger partial charge >= 0.3 is 5.97 Å². The summed E-state index contributed by atoms with van der Waals surface area (Å²) in [6.45, 7) is 0.251. The number of carboxylic acid groups (broad SMARTS) is 1. The van der Waals surface area contributed by atoms with Gasteiger partial charge in [0.15, 0.2) is 0 Å². The second-order valence-electron chi connectivity index (χ2n) is 8.28. The van der Waals surface area contributed by atoms with Crippen molar-refractivity contribution >= 4 is 23.7 Å². The van der Waals surface area contributed by atoms with Crippen LogP contribution in [0.15, 0.2) is 24.3 Å². The van der Waals surface area contributed by atoms with Gasteiger partial charge in [0.05, 0.1) is 6.04 Å². The summed E-state index contributed by atoms with van der Waals surface area (Å²) in [5.74, 6) is -2.86. The Morgan fingerprint density at radius 1 is 0.800 bits per heavy atom. The van der Waals surface area contributed by atoms with E-state index in [1.807, 2.05) is 0 Å². The molecule has 3 unspecified atom stereocenters. The van der Waals surface area contributed by atoms with E-state index in [9.17, 15) is 24.3 Å². The molecule has 0 saturated carbocycles. The maximum absolute atomic E-state index is 13.0. The van der Waals surface area contributed by atoms with Crippen LogP contribution in [-0.4, -0.2) is 71.7 Å². The number of rotatable bonds is 17. The van der Waals surface area contributed by atoms with Gasteiger partial charge in [0.25, 0.3) is 0 Å². The Labute approximate surface area is 205 Å². The molecule has 1 rings (SSSR count). The van der Waals surface area contributed by atoms with Crippen LogP contribution in [0.4, 0.5) is 0 Å². The third-order valence-electron chi connectivity index (χ3n) is 5.30. The van der Waals surface area contributed by atoms with Crippen LogP contribution in [0.25, 0.3) is 0 Å². The number of nitrogens with one attached hydrogen (secondary N) is 3. The number of phenolic OH excluding ortho intramolecular Hbond substituents is 1. The summed E-state index contributed by atoms with van der Waals surface area (Å²) in [7, 11) is 0. The minimum atomic E-state index is -1.21. The summed E-state index contributed by atoms with van der Waals surface area (Å²) in [6.07, 6.45) is 3.11. The molecule has 0 aliphatic carbocycles. The predicted octanol–water partition coefficient (Wildman–Crippen LogP) is -1.31. The van der Waals surface area contributed by atoms with Crippen LogP contribution in [0.3, 0.4) is 0 Å². The van der Waals surface area contributed by atoms with Crippen LogP contribution in [0, 0.1) is 0 Å². The maximum atomic E-state index is 13.0. The van der Waals surface area contributed by atoms with Crippen LogP contribution in [0.1, 0.15) is 44.1 Å². The fourth-order valence-corrected chi connectivity index (χ4v) is 3.34. The Morgan fingerprint density at radius 3 is 1.83 bits per heavy atom. The number of aromatic hydroxyl groups is 1. The molecule has 0 aliphatic rings. The van der Waals surface area contributed by atoms with Crippen molar-refractivity contribution in [2.24, 2.45) is 17.2 Å². The minimum Gasteiger partial charge on any atom is -0.508 e. The second-order valence-corrected chi connectivity index (χ2v) is 8.28. The Hall–Kier alpha value is -3.22. The summed E-state index contributed by atoms with van der Waals surface area (Å²) in [4.78, 5) is 49.0. The van der Waals surface area contributed by atoms with Crippen LogP contribution in [0.2, 0.25) is 0 Å². The molecule has 0 radical (unpaired) electrons. The highest BCUT2D eigenvalue weighted by Gasteiger charge is 2.28. The van der Waals surface area contributed by atoms with Crippen molar-refractivity contribution in [1.82, 2.24) is 16.0 Å². The molecule has 0 spiro atoms. The first-order valence-corrected chi connectivity index (χ1v) is 11.7. The summed E-state index contributed by atoms with van der Waals surface area (Å²) in [5.41, 5.74) is 17.8. The van der Waals surface area contributed by atoms with Crippen molar-refractivity contribution in [2.45, 2.75) is 63.1 Å². The van der Waals surface area contributed by atoms with Gasteiger partial charge in [-0.1, -0.05) is 12.1 Å². The molecule has 196 valence electrons. The molecular formula is C23H38N6O6. The molecule has 3 atom stereocenters. The van der Waals surface area contributed by atoms with Crippen molar-refractivity contribution in [3.63, 3.8) is 0 Å². The van der Waals surface area contributed by atoms with Gasteiger partial charge in [-0.3, -0.25) is 19.2 Å². The molecule has 0 saturated heterocycles. The van der Waals surface area contributed by atoms with E-state index in [1.54, 1.807) is 12.1 Å². The topological polar surface area (TPSA) is 223 Å². The lowest BCUT2D eigenvalue weighted by Gasteiger charge is -2.24. The average molecular weight is 495 g/mol. The zero-order chi connectivity index (χ0) is 26.2. The SMILES string of the molecule is NCCCCC(NC(=O)C(N)Cc1ccc(O)cc1)C(=O)NC(CCCCN)C(=O)NCC(=O)O. The van der Waals surface area contributed by atoms with Gasteiger partial charge in [0.2, 0.25) is 17.7 Å². The maximum Gasteiger partial charge on any atom is 0.322 e. The number of hydrogen-bond acceptors (Lipinski definition) is 8. The molecule has 1 aromatic carbocycles. The highest BCUT2D eigenvalue weighted by atomic mass is 16.4. The van der Waals surface area contributed by atoms with Gasteiger partial charge in [0, 0.05) is 0 Å². The number of benzene rings is 1. The molecule has 0 fully saturated rings. The molecule has 0 bridgehead atoms. The lowest BCUT2D eigenvalue weighted by atomic mass is 10.0. The number of carbonyl (C=O) groups is 4. The number of carboxylic acids is 1. The quantitative estimate of drug-likeness (QED) is 0.120. The third kappa shape index (κ3) is 12.2. The first kappa shape index (κ1) is 29.8. The highest BCUT2D eigenvalue weighted by molar-refractivity contribution is 5.93. The van der Waals surface area contributed by atoms with Crippen molar-refractivity contribution in [3.8, 4) is 5.75 Å². The molecule has 35 heavy (non-hydrogen) atoms. The summed E-state index contributed by atoms with van der Waals surface area (Å²) in [6, 6.07) is 3.40. The molecule has 12 heteroatoms. The van der Waals surface area contributed by atoms with E-state index in [2.05, 4.69) is 16.0 Å². The minimum absolute atomic E-state index is 0.0943. The molecule has 12 nitrogen and oxygen atoms in total. The van der Waals surface area contributed by atoms with Crippen molar-refractivity contribution in [2.75, 3.05) is 19.6 Å². The fourth-order valence-electron chi connectivity index (χ4n) is 3.34. The van der Waals surface area contributed by atoms with Crippen molar-refractivity contribution in [1.29, 1.82) is 0 Å². The zero-order valence-electron chi connectivity index (χ0n) is 19.9. The average Bonchev–Trinajstić information content (AvgIpc) is 2.82. The van der Waals surface area contributed by atoms with Gasteiger partial charge in [0.1, 0.15) is 24.4 Å². The largest absolute Gasteiger partial charge is 0.508 e. The first-order chi connectivity index (χ1) is 16.7. The van der Waals surface area contributed by atoms with Crippen molar-refractivity contribution < 1.29 is 29.4 Å². The number of unbranched alkanes of at least 4 members (excludes halogenated alkanes) is 2. The number of aliphatic carboxylic acids is 1. The van der Waals surface area contributed by atoms with Gasteiger partial charge in [-0.25, -0.2) is 0 Å². The lowest BCUT2D eigenvalue weighted by Crippen LogP contribution is -2.56. The number of carbonyl (C=O) groups excluding carboxylic acids is 3. The first-order valence-electron chi connectivity index (χ1n) is 11.7. The predicted molar refractivity (Wildman–Crippen MR) is 130 cm³/mol. The molecular weight excluding hydrogens is 456 g/mol. The standard InChI is InChI=1S/C23H38N6O6/c24-11-3-1-5-18(22(34)27-14-20(31)32)29-23(35)19(6-2-4-12-25)28-21(33)17(26)13-15-7-9-16(30)10-8-15/h7-10,17-19,30H,1-6,11-14,24-26H2,(H,27,34)(H,28,33)(H,29,35)(H,31,32). The Balaban J connectivity index is 2.86. The van der Waals surface area contributed by atoms with Crippen LogP contribution >= 0.6 is 0 Å². The number of hydrogen-bond donors (Lipinski definition) is 8. The Bertz CT molecular complexity index is 819. The van der Waals surface area contributed by atoms with E-state index in [0.717, 1.165) is 5.56 Å². The Morgan fingerprint density at radius 2 is 1.31 bits per heavy atom. The van der Waals surface area contributed by atoms with E-state index >= 15 is 0 Å². The van der Waals surface area contributed by atoms with E-state index in [4.69, 9.17) is 22.3 Å². The fraction of sp³-hybridized carbons (Fsp3) is 0.565. The third-order valence-corrected chi connectivity index (χ3v) is 5.30. The van der Waals surface area contributed by atoms with E-state index in [-0.39, 0.29) is 25.0 Å². The second kappa shape index (κ2) is 16.4. The van der Waals surface area contributed by atoms with Crippen LogP contribution < -0.4 is 33.2 Å². The smallest absolute Gasteiger partial charge is 0.322 e. The van der Waals surface area contributed by atoms with Crippen LogP contribution in [0.5, 0.6) is 5.75 Å². The number of nitrogens with two attached hydrogens (primary N) is 3. The number of phenols is 1.